The van der Waals surface area contributed by atoms with E-state index in [4.69, 9.17) is 0 Å². The Morgan fingerprint density at radius 1 is 1.17 bits per heavy atom. The van der Waals surface area contributed by atoms with Crippen LogP contribution in [0, 0.1) is 5.92 Å². The third-order valence-electron chi connectivity index (χ3n) is 5.25. The first kappa shape index (κ1) is 19.0. The summed E-state index contributed by atoms with van der Waals surface area (Å²) in [6.45, 7) is 7.78. The van der Waals surface area contributed by atoms with Gasteiger partial charge in [0.15, 0.2) is 0 Å². The number of likely N-dealkylation sites (tertiary alicyclic amines) is 1. The standard InChI is InChI=1S/C19H33N3O2/c1-15(2)22-12-9-17(10-13-22)14-21-19(24)18(23)20-11-8-16-6-4-3-5-7-16/h6,15,17H,3-5,7-14H2,1-2H3,(H,20,23)(H,21,24). The van der Waals surface area contributed by atoms with Crippen molar-refractivity contribution in [3.63, 3.8) is 0 Å². The molecule has 0 aromatic heterocycles. The zero-order valence-corrected chi connectivity index (χ0v) is 15.3. The maximum absolute atomic E-state index is 11.9. The molecule has 5 nitrogen and oxygen atoms in total. The minimum absolute atomic E-state index is 0.487. The first-order valence-electron chi connectivity index (χ1n) is 9.54. The van der Waals surface area contributed by atoms with Gasteiger partial charge in [-0.2, -0.15) is 0 Å². The van der Waals surface area contributed by atoms with Gasteiger partial charge in [-0.15, -0.1) is 0 Å². The summed E-state index contributed by atoms with van der Waals surface area (Å²) in [6, 6.07) is 0.589. The molecule has 1 aliphatic carbocycles. The van der Waals surface area contributed by atoms with Gasteiger partial charge >= 0.3 is 11.8 Å². The average Bonchev–Trinajstić information content (AvgIpc) is 2.60. The van der Waals surface area contributed by atoms with E-state index in [0.29, 0.717) is 25.0 Å². The summed E-state index contributed by atoms with van der Waals surface area (Å²) in [5, 5.41) is 5.54. The summed E-state index contributed by atoms with van der Waals surface area (Å²) in [5.74, 6) is -0.492. The second kappa shape index (κ2) is 9.82. The Morgan fingerprint density at radius 2 is 1.88 bits per heavy atom. The number of rotatable bonds is 6. The molecule has 0 spiro atoms. The van der Waals surface area contributed by atoms with Crippen molar-refractivity contribution in [1.82, 2.24) is 15.5 Å². The lowest BCUT2D eigenvalue weighted by Crippen LogP contribution is -2.45. The number of hydrogen-bond donors (Lipinski definition) is 2. The van der Waals surface area contributed by atoms with E-state index in [2.05, 4.69) is 35.5 Å². The molecule has 2 aliphatic rings. The molecular formula is C19H33N3O2. The van der Waals surface area contributed by atoms with Crippen LogP contribution in [0.4, 0.5) is 0 Å². The molecule has 0 bridgehead atoms. The van der Waals surface area contributed by atoms with E-state index in [1.807, 2.05) is 0 Å². The number of amides is 2. The molecule has 2 N–H and O–H groups in total. The molecule has 0 aromatic rings. The number of nitrogens with zero attached hydrogens (tertiary/aromatic N) is 1. The van der Waals surface area contributed by atoms with Gasteiger partial charge in [-0.3, -0.25) is 9.59 Å². The van der Waals surface area contributed by atoms with Gasteiger partial charge in [0.25, 0.3) is 0 Å². The Balaban J connectivity index is 1.58. The monoisotopic (exact) mass is 335 g/mol. The molecule has 0 atom stereocenters. The van der Waals surface area contributed by atoms with Gasteiger partial charge in [0.1, 0.15) is 0 Å². The highest BCUT2D eigenvalue weighted by molar-refractivity contribution is 6.35. The molecule has 5 heteroatoms. The van der Waals surface area contributed by atoms with Gasteiger partial charge in [0, 0.05) is 19.1 Å². The van der Waals surface area contributed by atoms with Crippen molar-refractivity contribution in [2.24, 2.45) is 5.92 Å². The molecule has 1 fully saturated rings. The number of carbonyl (C=O) groups excluding carboxylic acids is 2. The maximum atomic E-state index is 11.9. The van der Waals surface area contributed by atoms with Gasteiger partial charge in [-0.05, 0) is 77.8 Å². The van der Waals surface area contributed by atoms with Gasteiger partial charge in [-0.1, -0.05) is 11.6 Å². The van der Waals surface area contributed by atoms with E-state index < -0.39 is 11.8 Å². The van der Waals surface area contributed by atoms with E-state index >= 15 is 0 Å². The largest absolute Gasteiger partial charge is 0.348 e. The number of nitrogens with one attached hydrogen (secondary N) is 2. The number of piperidine rings is 1. The van der Waals surface area contributed by atoms with E-state index in [-0.39, 0.29) is 0 Å². The van der Waals surface area contributed by atoms with Crippen LogP contribution in [0.2, 0.25) is 0 Å². The summed E-state index contributed by atoms with van der Waals surface area (Å²) in [7, 11) is 0. The fraction of sp³-hybridized carbons (Fsp3) is 0.789. The van der Waals surface area contributed by atoms with Crippen LogP contribution in [0.5, 0.6) is 0 Å². The van der Waals surface area contributed by atoms with Crippen LogP contribution in [0.15, 0.2) is 11.6 Å². The van der Waals surface area contributed by atoms with Crippen LogP contribution < -0.4 is 10.6 Å². The van der Waals surface area contributed by atoms with Crippen molar-refractivity contribution in [2.75, 3.05) is 26.2 Å². The summed E-state index contributed by atoms with van der Waals surface area (Å²) >= 11 is 0. The first-order valence-corrected chi connectivity index (χ1v) is 9.54. The molecule has 0 radical (unpaired) electrons. The highest BCUT2D eigenvalue weighted by Crippen LogP contribution is 2.19. The maximum Gasteiger partial charge on any atom is 0.309 e. The van der Waals surface area contributed by atoms with E-state index in [0.717, 1.165) is 45.2 Å². The Bertz CT molecular complexity index is 452. The minimum atomic E-state index is -0.494. The third-order valence-corrected chi connectivity index (χ3v) is 5.25. The average molecular weight is 335 g/mol. The summed E-state index contributed by atoms with van der Waals surface area (Å²) in [6.07, 6.45) is 10.1. The molecule has 2 amide bonds. The molecule has 0 unspecified atom stereocenters. The fourth-order valence-corrected chi connectivity index (χ4v) is 3.54. The van der Waals surface area contributed by atoms with Gasteiger partial charge in [0.2, 0.25) is 0 Å². The number of allylic oxidation sites excluding steroid dienone is 1. The van der Waals surface area contributed by atoms with Crippen molar-refractivity contribution >= 4 is 11.8 Å². The summed E-state index contributed by atoms with van der Waals surface area (Å²) < 4.78 is 0. The van der Waals surface area contributed by atoms with E-state index in [1.165, 1.54) is 18.4 Å². The van der Waals surface area contributed by atoms with Crippen LogP contribution in [0.3, 0.4) is 0 Å². The molecule has 1 saturated heterocycles. The Morgan fingerprint density at radius 3 is 2.50 bits per heavy atom. The molecule has 0 aromatic carbocycles. The molecular weight excluding hydrogens is 302 g/mol. The predicted molar refractivity (Wildman–Crippen MR) is 96.6 cm³/mol. The SMILES string of the molecule is CC(C)N1CCC(CNC(=O)C(=O)NCCC2=CCCCC2)CC1. The van der Waals surface area contributed by atoms with Crippen LogP contribution in [0.25, 0.3) is 0 Å². The second-order valence-corrected chi connectivity index (χ2v) is 7.40. The molecule has 136 valence electrons. The quantitative estimate of drug-likeness (QED) is 0.578. The minimum Gasteiger partial charge on any atom is -0.348 e. The first-order chi connectivity index (χ1) is 11.6. The van der Waals surface area contributed by atoms with Gasteiger partial charge < -0.3 is 15.5 Å². The van der Waals surface area contributed by atoms with Crippen LogP contribution in [0.1, 0.15) is 58.8 Å². The second-order valence-electron chi connectivity index (χ2n) is 7.40. The van der Waals surface area contributed by atoms with E-state index in [1.54, 1.807) is 0 Å². The summed E-state index contributed by atoms with van der Waals surface area (Å²) in [4.78, 5) is 26.2. The zero-order valence-electron chi connectivity index (χ0n) is 15.3. The predicted octanol–water partition coefficient (Wildman–Crippen LogP) is 2.23. The highest BCUT2D eigenvalue weighted by atomic mass is 16.2. The lowest BCUT2D eigenvalue weighted by molar-refractivity contribution is -0.139. The Kier molecular flexibility index (Phi) is 7.76. The molecule has 1 heterocycles. The molecule has 0 saturated carbocycles. The lowest BCUT2D eigenvalue weighted by Gasteiger charge is -2.34. The highest BCUT2D eigenvalue weighted by Gasteiger charge is 2.22. The number of hydrogen-bond acceptors (Lipinski definition) is 3. The summed E-state index contributed by atoms with van der Waals surface area (Å²) in [5.41, 5.74) is 1.42. The lowest BCUT2D eigenvalue weighted by atomic mass is 9.96. The Labute approximate surface area is 146 Å². The van der Waals surface area contributed by atoms with Crippen LogP contribution in [-0.4, -0.2) is 48.9 Å². The normalized spacial score (nSPS) is 19.9. The van der Waals surface area contributed by atoms with Gasteiger partial charge in [-0.25, -0.2) is 0 Å². The van der Waals surface area contributed by atoms with Crippen molar-refractivity contribution in [1.29, 1.82) is 0 Å². The van der Waals surface area contributed by atoms with Crippen LogP contribution in [-0.2, 0) is 9.59 Å². The van der Waals surface area contributed by atoms with Crippen molar-refractivity contribution in [2.45, 2.75) is 64.8 Å². The zero-order chi connectivity index (χ0) is 17.4. The van der Waals surface area contributed by atoms with Gasteiger partial charge in [0.05, 0.1) is 0 Å². The smallest absolute Gasteiger partial charge is 0.309 e. The molecule has 1 aliphatic heterocycles. The van der Waals surface area contributed by atoms with Crippen molar-refractivity contribution in [3.05, 3.63) is 11.6 Å². The van der Waals surface area contributed by atoms with Crippen molar-refractivity contribution in [3.8, 4) is 0 Å². The third kappa shape index (κ3) is 6.27. The Hall–Kier alpha value is -1.36. The van der Waals surface area contributed by atoms with Crippen molar-refractivity contribution < 1.29 is 9.59 Å². The molecule has 2 rings (SSSR count). The van der Waals surface area contributed by atoms with Crippen LogP contribution >= 0.6 is 0 Å². The fourth-order valence-electron chi connectivity index (χ4n) is 3.54. The number of carbonyl (C=O) groups is 2. The molecule has 24 heavy (non-hydrogen) atoms. The van der Waals surface area contributed by atoms with E-state index in [9.17, 15) is 9.59 Å². The topological polar surface area (TPSA) is 61.4 Å².